The maximum atomic E-state index is 12.9. The van der Waals surface area contributed by atoms with E-state index in [1.807, 2.05) is 24.3 Å². The van der Waals surface area contributed by atoms with Gasteiger partial charge in [0.15, 0.2) is 10.8 Å². The van der Waals surface area contributed by atoms with E-state index in [1.54, 1.807) is 13.8 Å². The fourth-order valence-corrected chi connectivity index (χ4v) is 5.22. The number of hydrogen-bond donors (Lipinski definition) is 0. The van der Waals surface area contributed by atoms with Gasteiger partial charge in [-0.2, -0.15) is 0 Å². The molecule has 0 aliphatic carbocycles. The minimum Gasteiger partial charge on any atom is -0.468 e. The van der Waals surface area contributed by atoms with E-state index in [2.05, 4.69) is 0 Å². The van der Waals surface area contributed by atoms with Crippen LogP contribution in [0, 0.1) is 10.8 Å². The second kappa shape index (κ2) is 3.63. The Morgan fingerprint density at radius 1 is 0.864 bits per heavy atom. The van der Waals surface area contributed by atoms with Crippen LogP contribution in [0.15, 0.2) is 24.3 Å². The second-order valence-electron chi connectivity index (χ2n) is 6.61. The molecule has 4 heterocycles. The molecule has 2 fully saturated rings. The summed E-state index contributed by atoms with van der Waals surface area (Å²) in [4.78, 5) is 25.8. The van der Waals surface area contributed by atoms with Gasteiger partial charge in [-0.3, -0.25) is 9.59 Å². The zero-order chi connectivity index (χ0) is 16.0. The standard InChI is InChI=1S/C16H18O6/c1-13-7-5-10(21-13)16(12(18)20-4)14(2)8-6-9(22-14)15(13,16)11(17)19-3/h5-10H,1-4H3/t9-,10-,13+,14+,15-,16-/m1/s1. The van der Waals surface area contributed by atoms with Crippen LogP contribution < -0.4 is 0 Å². The molecule has 2 saturated heterocycles. The Hall–Kier alpha value is -1.66. The molecule has 0 spiro atoms. The van der Waals surface area contributed by atoms with Crippen LogP contribution in [0.1, 0.15) is 13.8 Å². The first-order chi connectivity index (χ1) is 10.3. The van der Waals surface area contributed by atoms with Crippen LogP contribution in [0.25, 0.3) is 0 Å². The molecule has 118 valence electrons. The minimum atomic E-state index is -1.29. The summed E-state index contributed by atoms with van der Waals surface area (Å²) in [6.07, 6.45) is 6.12. The highest BCUT2D eigenvalue weighted by atomic mass is 16.6. The molecule has 0 amide bonds. The Balaban J connectivity index is 2.10. The fraction of sp³-hybridized carbons (Fsp3) is 0.625. The summed E-state index contributed by atoms with van der Waals surface area (Å²) in [5.41, 5.74) is -4.53. The lowest BCUT2D eigenvalue weighted by Gasteiger charge is -2.49. The molecule has 22 heavy (non-hydrogen) atoms. The Morgan fingerprint density at radius 3 is 1.55 bits per heavy atom. The molecule has 6 heteroatoms. The molecule has 6 atom stereocenters. The summed E-state index contributed by atoms with van der Waals surface area (Å²) in [5.74, 6) is -1.02. The SMILES string of the molecule is COC(=O)[C@@]12[C@H]3C=C[C@](C)(O3)[C@]1(C(=O)OC)[C@H]1C=C[C@]2(C)O1. The number of fused-ring (bicyclic) bond motifs is 9. The van der Waals surface area contributed by atoms with Crippen molar-refractivity contribution in [3.05, 3.63) is 24.3 Å². The summed E-state index contributed by atoms with van der Waals surface area (Å²) in [6.45, 7) is 3.60. The molecule has 0 aromatic carbocycles. The van der Waals surface area contributed by atoms with Crippen molar-refractivity contribution in [2.45, 2.75) is 37.3 Å². The number of carbonyl (C=O) groups is 2. The molecule has 4 rings (SSSR count). The molecule has 0 aromatic heterocycles. The number of carbonyl (C=O) groups excluding carboxylic acids is 2. The zero-order valence-corrected chi connectivity index (χ0v) is 12.9. The van der Waals surface area contributed by atoms with Crippen LogP contribution in [0.2, 0.25) is 0 Å². The number of rotatable bonds is 2. The van der Waals surface area contributed by atoms with Gasteiger partial charge in [-0.25, -0.2) is 0 Å². The van der Waals surface area contributed by atoms with Gasteiger partial charge in [0.1, 0.15) is 11.2 Å². The van der Waals surface area contributed by atoms with Crippen LogP contribution >= 0.6 is 0 Å². The molecule has 0 aromatic rings. The highest BCUT2D eigenvalue weighted by molar-refractivity contribution is 5.96. The first-order valence-corrected chi connectivity index (χ1v) is 7.25. The number of esters is 2. The molecular formula is C16H18O6. The predicted molar refractivity (Wildman–Crippen MR) is 73.7 cm³/mol. The van der Waals surface area contributed by atoms with Crippen LogP contribution in [-0.2, 0) is 28.5 Å². The summed E-state index contributed by atoms with van der Waals surface area (Å²) in [5, 5.41) is 0. The largest absolute Gasteiger partial charge is 0.468 e. The number of hydrogen-bond acceptors (Lipinski definition) is 6. The first kappa shape index (κ1) is 14.0. The van der Waals surface area contributed by atoms with E-state index in [0.717, 1.165) is 0 Å². The van der Waals surface area contributed by atoms with E-state index >= 15 is 0 Å². The summed E-state index contributed by atoms with van der Waals surface area (Å²) in [6, 6.07) is 0. The third-order valence-electron chi connectivity index (χ3n) is 5.98. The fourth-order valence-electron chi connectivity index (χ4n) is 5.22. The lowest BCUT2D eigenvalue weighted by Crippen LogP contribution is -2.68. The molecule has 0 unspecified atom stereocenters. The maximum Gasteiger partial charge on any atom is 0.319 e. The summed E-state index contributed by atoms with van der Waals surface area (Å²) >= 11 is 0. The monoisotopic (exact) mass is 306 g/mol. The minimum absolute atomic E-state index is 0.509. The molecule has 0 radical (unpaired) electrons. The second-order valence-corrected chi connectivity index (χ2v) is 6.61. The van der Waals surface area contributed by atoms with Gasteiger partial charge >= 0.3 is 11.9 Å². The van der Waals surface area contributed by atoms with E-state index in [-0.39, 0.29) is 0 Å². The Kier molecular flexibility index (Phi) is 2.30. The van der Waals surface area contributed by atoms with Gasteiger partial charge in [0.2, 0.25) is 0 Å². The van der Waals surface area contributed by atoms with Crippen molar-refractivity contribution in [3.63, 3.8) is 0 Å². The van der Waals surface area contributed by atoms with E-state index in [9.17, 15) is 9.59 Å². The molecule has 6 nitrogen and oxygen atoms in total. The van der Waals surface area contributed by atoms with Crippen LogP contribution in [0.4, 0.5) is 0 Å². The normalized spacial score (nSPS) is 52.9. The Labute approximate surface area is 128 Å². The van der Waals surface area contributed by atoms with Crippen molar-refractivity contribution in [2.24, 2.45) is 10.8 Å². The van der Waals surface area contributed by atoms with E-state index < -0.39 is 46.2 Å². The molecular weight excluding hydrogens is 288 g/mol. The van der Waals surface area contributed by atoms with Gasteiger partial charge < -0.3 is 18.9 Å². The summed E-state index contributed by atoms with van der Waals surface area (Å²) in [7, 11) is 2.63. The average molecular weight is 306 g/mol. The van der Waals surface area contributed by atoms with Gasteiger partial charge in [-0.05, 0) is 13.8 Å². The topological polar surface area (TPSA) is 71.1 Å². The quantitative estimate of drug-likeness (QED) is 0.554. The lowest BCUT2D eigenvalue weighted by atomic mass is 9.46. The van der Waals surface area contributed by atoms with Crippen molar-refractivity contribution in [1.29, 1.82) is 0 Å². The molecule has 4 aliphatic rings. The van der Waals surface area contributed by atoms with Crippen molar-refractivity contribution in [2.75, 3.05) is 14.2 Å². The number of methoxy groups -OCH3 is 2. The van der Waals surface area contributed by atoms with Crippen molar-refractivity contribution in [1.82, 2.24) is 0 Å². The van der Waals surface area contributed by atoms with E-state index in [0.29, 0.717) is 0 Å². The molecule has 0 N–H and O–H groups in total. The molecule has 0 saturated carbocycles. The van der Waals surface area contributed by atoms with Crippen LogP contribution in [-0.4, -0.2) is 49.6 Å². The highest BCUT2D eigenvalue weighted by Gasteiger charge is 2.92. The van der Waals surface area contributed by atoms with Gasteiger partial charge in [-0.1, -0.05) is 24.3 Å². The van der Waals surface area contributed by atoms with Gasteiger partial charge in [0.05, 0.1) is 26.4 Å². The summed E-state index contributed by atoms with van der Waals surface area (Å²) < 4.78 is 22.4. The first-order valence-electron chi connectivity index (χ1n) is 7.25. The van der Waals surface area contributed by atoms with Gasteiger partial charge in [0.25, 0.3) is 0 Å². The lowest BCUT2D eigenvalue weighted by molar-refractivity contribution is -0.179. The van der Waals surface area contributed by atoms with Crippen molar-refractivity contribution in [3.8, 4) is 0 Å². The maximum absolute atomic E-state index is 12.9. The van der Waals surface area contributed by atoms with E-state index in [4.69, 9.17) is 18.9 Å². The third-order valence-corrected chi connectivity index (χ3v) is 5.98. The van der Waals surface area contributed by atoms with Crippen LogP contribution in [0.5, 0.6) is 0 Å². The van der Waals surface area contributed by atoms with Crippen molar-refractivity contribution < 1.29 is 28.5 Å². The van der Waals surface area contributed by atoms with Gasteiger partial charge in [0, 0.05) is 0 Å². The molecule has 4 aliphatic heterocycles. The average Bonchev–Trinajstić information content (AvgIpc) is 3.19. The number of ether oxygens (including phenoxy) is 4. The Morgan fingerprint density at radius 2 is 1.23 bits per heavy atom. The molecule has 4 bridgehead atoms. The third kappa shape index (κ3) is 0.972. The van der Waals surface area contributed by atoms with Gasteiger partial charge in [-0.15, -0.1) is 0 Å². The van der Waals surface area contributed by atoms with Crippen molar-refractivity contribution >= 4 is 11.9 Å². The zero-order valence-electron chi connectivity index (χ0n) is 12.9. The Bertz CT molecular complexity index is 597. The van der Waals surface area contributed by atoms with E-state index in [1.165, 1.54) is 14.2 Å². The predicted octanol–water partition coefficient (Wildman–Crippen LogP) is 0.760. The highest BCUT2D eigenvalue weighted by Crippen LogP contribution is 2.76. The van der Waals surface area contributed by atoms with Crippen LogP contribution in [0.3, 0.4) is 0 Å². The smallest absolute Gasteiger partial charge is 0.319 e.